The van der Waals surface area contributed by atoms with Gasteiger partial charge in [-0.2, -0.15) is 0 Å². The Labute approximate surface area is 167 Å². The number of carboxylic acid groups (broad SMARTS) is 2. The number of carboxylic acids is 2. The molecule has 0 saturated heterocycles. The largest absolute Gasteiger partial charge is 0.481 e. The van der Waals surface area contributed by atoms with Crippen molar-refractivity contribution < 1.29 is 19.8 Å². The van der Waals surface area contributed by atoms with E-state index in [1.807, 2.05) is 0 Å². The van der Waals surface area contributed by atoms with E-state index in [1.54, 1.807) is 0 Å². The number of unbranched alkanes of at least 4 members (excludes halogenated alkanes) is 12. The minimum atomic E-state index is -0.910. The van der Waals surface area contributed by atoms with E-state index in [0.717, 1.165) is 18.8 Å². The highest BCUT2D eigenvalue weighted by atomic mass is 16.4. The van der Waals surface area contributed by atoms with Gasteiger partial charge in [0.15, 0.2) is 0 Å². The van der Waals surface area contributed by atoms with Crippen LogP contribution in [0.15, 0.2) is 0 Å². The van der Waals surface area contributed by atoms with E-state index in [4.69, 9.17) is 10.2 Å². The normalized spacial score (nSPS) is 12.4. The van der Waals surface area contributed by atoms with Crippen molar-refractivity contribution in [1.82, 2.24) is 0 Å². The molecule has 0 aromatic heterocycles. The van der Waals surface area contributed by atoms with Crippen molar-refractivity contribution >= 4 is 11.9 Å². The Morgan fingerprint density at radius 2 is 0.963 bits per heavy atom. The molecule has 0 aromatic carbocycles. The van der Waals surface area contributed by atoms with E-state index in [9.17, 15) is 9.59 Å². The minimum Gasteiger partial charge on any atom is -0.481 e. The van der Waals surface area contributed by atoms with Crippen LogP contribution in [0.5, 0.6) is 0 Å². The average Bonchev–Trinajstić information content (AvgIpc) is 2.59. The number of hydrogen-bond donors (Lipinski definition) is 2. The van der Waals surface area contributed by atoms with Gasteiger partial charge in [0, 0.05) is 6.42 Å². The van der Waals surface area contributed by atoms with Gasteiger partial charge in [-0.1, -0.05) is 104 Å². The molecular weight excluding hydrogens is 340 g/mol. The van der Waals surface area contributed by atoms with Crippen LogP contribution in [0.25, 0.3) is 0 Å². The molecule has 0 aliphatic rings. The van der Waals surface area contributed by atoms with Gasteiger partial charge in [0.05, 0.1) is 5.92 Å². The van der Waals surface area contributed by atoms with Crippen LogP contribution in [0.2, 0.25) is 0 Å². The Morgan fingerprint density at radius 3 is 1.30 bits per heavy atom. The number of hydrogen-bond acceptors (Lipinski definition) is 2. The molecule has 0 saturated carbocycles. The molecule has 0 aliphatic heterocycles. The summed E-state index contributed by atoms with van der Waals surface area (Å²) in [6, 6.07) is 0. The smallest absolute Gasteiger partial charge is 0.306 e. The molecule has 0 amide bonds. The summed E-state index contributed by atoms with van der Waals surface area (Å²) in [6.07, 6.45) is 18.9. The zero-order chi connectivity index (χ0) is 20.3. The maximum absolute atomic E-state index is 11.1. The van der Waals surface area contributed by atoms with Crippen LogP contribution < -0.4 is 0 Å². The molecule has 160 valence electrons. The van der Waals surface area contributed by atoms with E-state index in [1.165, 1.54) is 77.0 Å². The van der Waals surface area contributed by atoms with Gasteiger partial charge in [0.2, 0.25) is 0 Å². The maximum atomic E-state index is 11.1. The van der Waals surface area contributed by atoms with Crippen molar-refractivity contribution in [3.05, 3.63) is 0 Å². The Bertz CT molecular complexity index is 365. The topological polar surface area (TPSA) is 74.6 Å². The Kier molecular flexibility index (Phi) is 17.6. The third-order valence-electron chi connectivity index (χ3n) is 5.39. The number of aliphatic carboxylic acids is 2. The fourth-order valence-corrected chi connectivity index (χ4v) is 3.58. The molecule has 0 rings (SSSR count). The summed E-state index contributed by atoms with van der Waals surface area (Å²) in [5, 5.41) is 17.8. The molecule has 4 heteroatoms. The first-order valence-corrected chi connectivity index (χ1v) is 11.4. The molecule has 1 unspecified atom stereocenters. The van der Waals surface area contributed by atoms with Gasteiger partial charge < -0.3 is 10.2 Å². The van der Waals surface area contributed by atoms with Gasteiger partial charge in [0.1, 0.15) is 0 Å². The second-order valence-electron chi connectivity index (χ2n) is 8.53. The van der Waals surface area contributed by atoms with Crippen molar-refractivity contribution in [1.29, 1.82) is 0 Å². The van der Waals surface area contributed by atoms with Gasteiger partial charge in [-0.15, -0.1) is 0 Å². The van der Waals surface area contributed by atoms with Gasteiger partial charge in [-0.05, 0) is 18.8 Å². The first kappa shape index (κ1) is 25.9. The van der Waals surface area contributed by atoms with Gasteiger partial charge in [0.25, 0.3) is 0 Å². The van der Waals surface area contributed by atoms with Crippen LogP contribution in [-0.2, 0) is 9.59 Å². The highest BCUT2D eigenvalue weighted by molar-refractivity contribution is 5.72. The quantitative estimate of drug-likeness (QED) is 0.220. The fraction of sp³-hybridized carbons (Fsp3) is 0.913. The molecule has 27 heavy (non-hydrogen) atoms. The lowest BCUT2D eigenvalue weighted by Gasteiger charge is -2.10. The number of carbonyl (C=O) groups is 2. The van der Waals surface area contributed by atoms with Crippen molar-refractivity contribution in [3.63, 3.8) is 0 Å². The Hall–Kier alpha value is -1.06. The summed E-state index contributed by atoms with van der Waals surface area (Å²) in [5.41, 5.74) is 0. The third kappa shape index (κ3) is 19.5. The highest BCUT2D eigenvalue weighted by Gasteiger charge is 2.17. The van der Waals surface area contributed by atoms with E-state index in [-0.39, 0.29) is 12.8 Å². The standard InChI is InChI=1S/C23H44O4/c1-20(2)16-14-12-10-8-6-4-3-5-7-9-11-13-15-17-21(23(26)27)18-19-22(24)25/h20-21H,3-19H2,1-2H3,(H,24,25)(H,26,27). The molecule has 4 nitrogen and oxygen atoms in total. The Balaban J connectivity index is 3.32. The fourth-order valence-electron chi connectivity index (χ4n) is 3.58. The lowest BCUT2D eigenvalue weighted by Crippen LogP contribution is -2.15. The SMILES string of the molecule is CC(C)CCCCCCCCCCCCCCCC(CCC(=O)O)C(=O)O. The predicted octanol–water partition coefficient (Wildman–Crippen LogP) is 7.06. The maximum Gasteiger partial charge on any atom is 0.306 e. The lowest BCUT2D eigenvalue weighted by atomic mass is 9.95. The van der Waals surface area contributed by atoms with Crippen molar-refractivity contribution in [2.24, 2.45) is 11.8 Å². The summed E-state index contributed by atoms with van der Waals surface area (Å²) < 4.78 is 0. The summed E-state index contributed by atoms with van der Waals surface area (Å²) >= 11 is 0. The third-order valence-corrected chi connectivity index (χ3v) is 5.39. The molecule has 0 heterocycles. The molecule has 1 atom stereocenters. The molecule has 0 aromatic rings. The summed E-state index contributed by atoms with van der Waals surface area (Å²) in [7, 11) is 0. The molecule has 0 spiro atoms. The van der Waals surface area contributed by atoms with Gasteiger partial charge in [-0.25, -0.2) is 0 Å². The zero-order valence-corrected chi connectivity index (χ0v) is 17.9. The zero-order valence-electron chi connectivity index (χ0n) is 17.9. The van der Waals surface area contributed by atoms with E-state index in [0.29, 0.717) is 6.42 Å². The molecule has 2 N–H and O–H groups in total. The second kappa shape index (κ2) is 18.3. The Morgan fingerprint density at radius 1 is 0.593 bits per heavy atom. The first-order valence-electron chi connectivity index (χ1n) is 11.4. The summed E-state index contributed by atoms with van der Waals surface area (Å²) in [4.78, 5) is 21.7. The van der Waals surface area contributed by atoms with Crippen molar-refractivity contribution in [3.8, 4) is 0 Å². The summed E-state index contributed by atoms with van der Waals surface area (Å²) in [6.45, 7) is 4.60. The van der Waals surface area contributed by atoms with E-state index in [2.05, 4.69) is 13.8 Å². The average molecular weight is 385 g/mol. The molecule has 0 fully saturated rings. The molecule has 0 aliphatic carbocycles. The van der Waals surface area contributed by atoms with Crippen molar-refractivity contribution in [2.75, 3.05) is 0 Å². The summed E-state index contributed by atoms with van der Waals surface area (Å²) in [5.74, 6) is -1.41. The van der Waals surface area contributed by atoms with E-state index >= 15 is 0 Å². The minimum absolute atomic E-state index is 0.0467. The van der Waals surface area contributed by atoms with Gasteiger partial charge >= 0.3 is 11.9 Å². The molecule has 0 bridgehead atoms. The van der Waals surface area contributed by atoms with Crippen LogP contribution in [-0.4, -0.2) is 22.2 Å². The van der Waals surface area contributed by atoms with Gasteiger partial charge in [-0.3, -0.25) is 9.59 Å². The van der Waals surface area contributed by atoms with Crippen LogP contribution >= 0.6 is 0 Å². The van der Waals surface area contributed by atoms with Crippen LogP contribution in [0, 0.1) is 11.8 Å². The lowest BCUT2D eigenvalue weighted by molar-refractivity contribution is -0.143. The number of rotatable bonds is 20. The monoisotopic (exact) mass is 384 g/mol. The molecular formula is C23H44O4. The first-order chi connectivity index (χ1) is 12.9. The second-order valence-corrected chi connectivity index (χ2v) is 8.53. The highest BCUT2D eigenvalue weighted by Crippen LogP contribution is 2.18. The van der Waals surface area contributed by atoms with Crippen LogP contribution in [0.3, 0.4) is 0 Å². The van der Waals surface area contributed by atoms with Crippen LogP contribution in [0.1, 0.15) is 123 Å². The van der Waals surface area contributed by atoms with Crippen LogP contribution in [0.4, 0.5) is 0 Å². The molecule has 0 radical (unpaired) electrons. The van der Waals surface area contributed by atoms with Crippen molar-refractivity contribution in [2.45, 2.75) is 123 Å². The predicted molar refractivity (Wildman–Crippen MR) is 112 cm³/mol. The van der Waals surface area contributed by atoms with E-state index < -0.39 is 17.9 Å².